The third-order valence-electron chi connectivity index (χ3n) is 2.65. The first kappa shape index (κ1) is 13.0. The van der Waals surface area contributed by atoms with Crippen molar-refractivity contribution in [2.45, 2.75) is 12.5 Å². The van der Waals surface area contributed by atoms with E-state index >= 15 is 0 Å². The van der Waals surface area contributed by atoms with Gasteiger partial charge in [0.05, 0.1) is 6.42 Å². The van der Waals surface area contributed by atoms with Crippen molar-refractivity contribution in [1.29, 1.82) is 0 Å². The van der Waals surface area contributed by atoms with Crippen LogP contribution in [-0.2, 0) is 9.59 Å². The average Bonchev–Trinajstić information content (AvgIpc) is 2.38. The third kappa shape index (κ3) is 3.26. The fraction of sp³-hybridized carbons (Fsp3) is 0.154. The second-order valence-corrected chi connectivity index (χ2v) is 4.13. The topological polar surface area (TPSA) is 105 Å². The Labute approximate surface area is 109 Å². The lowest BCUT2D eigenvalue weighted by Crippen LogP contribution is -2.34. The normalized spacial score (nSPS) is 12.1. The quantitative estimate of drug-likeness (QED) is 0.758. The maximum atomic E-state index is 11.6. The number of carbonyl (C=O) groups is 2. The minimum Gasteiger partial charge on any atom is -0.480 e. The van der Waals surface area contributed by atoms with Gasteiger partial charge in [0.2, 0.25) is 5.91 Å². The SMILES string of the molecule is NC(CC(=O)Nc1ccc2cnccc2c1)C(=O)O. The molecular weight excluding hydrogens is 246 g/mol. The van der Waals surface area contributed by atoms with Crippen molar-refractivity contribution in [2.75, 3.05) is 5.32 Å². The second kappa shape index (κ2) is 5.45. The molecule has 19 heavy (non-hydrogen) atoms. The number of nitrogens with zero attached hydrogens (tertiary/aromatic N) is 1. The first-order valence-electron chi connectivity index (χ1n) is 5.68. The van der Waals surface area contributed by atoms with Crippen molar-refractivity contribution in [2.24, 2.45) is 5.73 Å². The summed E-state index contributed by atoms with van der Waals surface area (Å²) in [5.41, 5.74) is 5.89. The lowest BCUT2D eigenvalue weighted by molar-refractivity contribution is -0.140. The molecule has 0 aliphatic rings. The summed E-state index contributed by atoms with van der Waals surface area (Å²) in [6.07, 6.45) is 3.12. The van der Waals surface area contributed by atoms with Gasteiger partial charge in [-0.2, -0.15) is 0 Å². The van der Waals surface area contributed by atoms with Crippen LogP contribution in [0.25, 0.3) is 10.8 Å². The average molecular weight is 259 g/mol. The van der Waals surface area contributed by atoms with Crippen LogP contribution < -0.4 is 11.1 Å². The fourth-order valence-electron chi connectivity index (χ4n) is 1.66. The van der Waals surface area contributed by atoms with E-state index in [2.05, 4.69) is 10.3 Å². The van der Waals surface area contributed by atoms with E-state index in [0.717, 1.165) is 10.8 Å². The highest BCUT2D eigenvalue weighted by molar-refractivity contribution is 5.96. The van der Waals surface area contributed by atoms with Crippen molar-refractivity contribution in [3.63, 3.8) is 0 Å². The Morgan fingerprint density at radius 2 is 2.11 bits per heavy atom. The standard InChI is InChI=1S/C13H13N3O3/c14-11(13(18)19)6-12(17)16-10-2-1-9-7-15-4-3-8(9)5-10/h1-5,7,11H,6,14H2,(H,16,17)(H,18,19). The van der Waals surface area contributed by atoms with Gasteiger partial charge in [-0.25, -0.2) is 0 Å². The summed E-state index contributed by atoms with van der Waals surface area (Å²) in [6, 6.07) is 5.99. The summed E-state index contributed by atoms with van der Waals surface area (Å²) in [6.45, 7) is 0. The number of carbonyl (C=O) groups excluding carboxylic acids is 1. The number of benzene rings is 1. The van der Waals surface area contributed by atoms with E-state index in [-0.39, 0.29) is 6.42 Å². The van der Waals surface area contributed by atoms with Crippen molar-refractivity contribution in [3.8, 4) is 0 Å². The molecule has 2 rings (SSSR count). The fourth-order valence-corrected chi connectivity index (χ4v) is 1.66. The molecule has 1 aromatic heterocycles. The number of nitrogens with two attached hydrogens (primary N) is 1. The molecule has 98 valence electrons. The number of amides is 1. The van der Waals surface area contributed by atoms with Crippen LogP contribution in [0.2, 0.25) is 0 Å². The zero-order valence-electron chi connectivity index (χ0n) is 10.0. The van der Waals surface area contributed by atoms with Crippen LogP contribution in [-0.4, -0.2) is 28.0 Å². The second-order valence-electron chi connectivity index (χ2n) is 4.13. The maximum absolute atomic E-state index is 11.6. The van der Waals surface area contributed by atoms with E-state index < -0.39 is 17.9 Å². The first-order chi connectivity index (χ1) is 9.06. The number of pyridine rings is 1. The van der Waals surface area contributed by atoms with Crippen LogP contribution in [0.4, 0.5) is 5.69 Å². The van der Waals surface area contributed by atoms with E-state index in [0.29, 0.717) is 5.69 Å². The number of hydrogen-bond donors (Lipinski definition) is 3. The summed E-state index contributed by atoms with van der Waals surface area (Å²) in [5.74, 6) is -1.62. The van der Waals surface area contributed by atoms with Gasteiger partial charge >= 0.3 is 5.97 Å². The van der Waals surface area contributed by atoms with Crippen LogP contribution in [0.1, 0.15) is 6.42 Å². The Hall–Kier alpha value is -2.47. The summed E-state index contributed by atoms with van der Waals surface area (Å²) >= 11 is 0. The molecule has 0 aliphatic heterocycles. The molecule has 6 heteroatoms. The van der Waals surface area contributed by atoms with Gasteiger partial charge in [-0.1, -0.05) is 6.07 Å². The van der Waals surface area contributed by atoms with E-state index in [1.165, 1.54) is 0 Å². The highest BCUT2D eigenvalue weighted by atomic mass is 16.4. The van der Waals surface area contributed by atoms with E-state index in [1.54, 1.807) is 24.5 Å². The molecule has 1 amide bonds. The predicted octanol–water partition coefficient (Wildman–Crippen LogP) is 0.975. The largest absolute Gasteiger partial charge is 0.480 e. The van der Waals surface area contributed by atoms with Gasteiger partial charge < -0.3 is 16.2 Å². The lowest BCUT2D eigenvalue weighted by atomic mass is 10.1. The van der Waals surface area contributed by atoms with Crippen LogP contribution in [0.5, 0.6) is 0 Å². The van der Waals surface area contributed by atoms with Gasteiger partial charge in [-0.15, -0.1) is 0 Å². The highest BCUT2D eigenvalue weighted by Crippen LogP contribution is 2.18. The van der Waals surface area contributed by atoms with Crippen molar-refractivity contribution >= 4 is 28.3 Å². The predicted molar refractivity (Wildman–Crippen MR) is 70.6 cm³/mol. The molecule has 1 atom stereocenters. The lowest BCUT2D eigenvalue weighted by Gasteiger charge is -2.08. The molecule has 0 aliphatic carbocycles. The Kier molecular flexibility index (Phi) is 3.72. The number of hydrogen-bond acceptors (Lipinski definition) is 4. The summed E-state index contributed by atoms with van der Waals surface area (Å²) in [7, 11) is 0. The zero-order chi connectivity index (χ0) is 13.8. The minimum atomic E-state index is -1.19. The maximum Gasteiger partial charge on any atom is 0.321 e. The molecule has 1 unspecified atom stereocenters. The van der Waals surface area contributed by atoms with E-state index in [1.807, 2.05) is 12.1 Å². The number of anilines is 1. The van der Waals surface area contributed by atoms with Gasteiger partial charge in [-0.3, -0.25) is 14.6 Å². The molecule has 0 fully saturated rings. The molecule has 0 radical (unpaired) electrons. The summed E-state index contributed by atoms with van der Waals surface area (Å²) < 4.78 is 0. The van der Waals surface area contributed by atoms with Gasteiger partial charge in [0.1, 0.15) is 6.04 Å². The highest BCUT2D eigenvalue weighted by Gasteiger charge is 2.16. The smallest absolute Gasteiger partial charge is 0.321 e. The number of aliphatic carboxylic acids is 1. The molecule has 6 nitrogen and oxygen atoms in total. The molecule has 2 aromatic rings. The van der Waals surface area contributed by atoms with Crippen LogP contribution >= 0.6 is 0 Å². The molecule has 0 spiro atoms. The molecule has 4 N–H and O–H groups in total. The third-order valence-corrected chi connectivity index (χ3v) is 2.65. The number of aromatic nitrogens is 1. The molecule has 0 saturated carbocycles. The van der Waals surface area contributed by atoms with Gasteiger partial charge in [0, 0.05) is 23.5 Å². The minimum absolute atomic E-state index is 0.260. The Morgan fingerprint density at radius 1 is 1.32 bits per heavy atom. The van der Waals surface area contributed by atoms with E-state index in [4.69, 9.17) is 10.8 Å². The van der Waals surface area contributed by atoms with Crippen molar-refractivity contribution in [3.05, 3.63) is 36.7 Å². The molecular formula is C13H13N3O3. The van der Waals surface area contributed by atoms with E-state index in [9.17, 15) is 9.59 Å². The first-order valence-corrected chi connectivity index (χ1v) is 5.68. The van der Waals surface area contributed by atoms with Gasteiger partial charge in [0.15, 0.2) is 0 Å². The van der Waals surface area contributed by atoms with Crippen molar-refractivity contribution < 1.29 is 14.7 Å². The molecule has 1 aromatic carbocycles. The molecule has 0 bridgehead atoms. The van der Waals surface area contributed by atoms with Crippen LogP contribution in [0, 0.1) is 0 Å². The number of fused-ring (bicyclic) bond motifs is 1. The number of rotatable bonds is 4. The molecule has 1 heterocycles. The summed E-state index contributed by atoms with van der Waals surface area (Å²) in [4.78, 5) is 26.1. The summed E-state index contributed by atoms with van der Waals surface area (Å²) in [5, 5.41) is 13.1. The van der Waals surface area contributed by atoms with Crippen molar-refractivity contribution in [1.82, 2.24) is 4.98 Å². The van der Waals surface area contributed by atoms with Crippen LogP contribution in [0.15, 0.2) is 36.7 Å². The zero-order valence-corrected chi connectivity index (χ0v) is 10.0. The number of nitrogens with one attached hydrogen (secondary N) is 1. The van der Waals surface area contributed by atoms with Gasteiger partial charge in [-0.05, 0) is 23.6 Å². The molecule has 0 saturated heterocycles. The van der Waals surface area contributed by atoms with Gasteiger partial charge in [0.25, 0.3) is 0 Å². The monoisotopic (exact) mass is 259 g/mol. The van der Waals surface area contributed by atoms with Crippen LogP contribution in [0.3, 0.4) is 0 Å². The Balaban J connectivity index is 2.09. The number of carboxylic acids is 1. The Bertz CT molecular complexity index is 627. The Morgan fingerprint density at radius 3 is 2.84 bits per heavy atom. The number of carboxylic acid groups (broad SMARTS) is 1.